The van der Waals surface area contributed by atoms with Gasteiger partial charge in [-0.1, -0.05) is 6.07 Å². The third-order valence-electron chi connectivity index (χ3n) is 3.71. The number of halogens is 3. The monoisotopic (exact) mass is 396 g/mol. The lowest BCUT2D eigenvalue weighted by atomic mass is 10.2. The van der Waals surface area contributed by atoms with Crippen LogP contribution in [-0.4, -0.2) is 22.5 Å². The fraction of sp³-hybridized carbons (Fsp3) is 0.278. The van der Waals surface area contributed by atoms with Crippen molar-refractivity contribution < 1.29 is 27.4 Å². The van der Waals surface area contributed by atoms with E-state index in [2.05, 4.69) is 9.97 Å². The van der Waals surface area contributed by atoms with Gasteiger partial charge in [0, 0.05) is 0 Å². The number of thiophene rings is 1. The maximum atomic E-state index is 12.9. The van der Waals surface area contributed by atoms with E-state index in [-0.39, 0.29) is 18.2 Å². The van der Waals surface area contributed by atoms with E-state index in [4.69, 9.17) is 9.47 Å². The Labute approximate surface area is 156 Å². The van der Waals surface area contributed by atoms with E-state index >= 15 is 0 Å². The second-order valence-electron chi connectivity index (χ2n) is 5.66. The predicted octanol–water partition coefficient (Wildman–Crippen LogP) is 5.30. The second kappa shape index (κ2) is 7.15. The van der Waals surface area contributed by atoms with E-state index in [9.17, 15) is 18.0 Å². The Bertz CT molecular complexity index is 1010. The molecule has 1 aromatic carbocycles. The molecule has 5 nitrogen and oxygen atoms in total. The zero-order chi connectivity index (χ0) is 19.8. The number of ether oxygens (including phenoxy) is 2. The Hall–Kier alpha value is -2.68. The molecule has 9 heteroatoms. The molecule has 0 unspecified atom stereocenters. The third-order valence-corrected chi connectivity index (χ3v) is 4.87. The highest BCUT2D eigenvalue weighted by Crippen LogP contribution is 2.38. The van der Waals surface area contributed by atoms with Gasteiger partial charge in [-0.05, 0) is 44.5 Å². The molecule has 0 aliphatic heterocycles. The minimum absolute atomic E-state index is 0.00694. The molecule has 0 saturated carbocycles. The first kappa shape index (κ1) is 19.1. The number of nitrogens with zero attached hydrogens (tertiary/aromatic N) is 2. The molecule has 0 aliphatic rings. The first-order valence-electron chi connectivity index (χ1n) is 8.00. The van der Waals surface area contributed by atoms with E-state index in [0.29, 0.717) is 26.5 Å². The van der Waals surface area contributed by atoms with E-state index in [1.54, 1.807) is 20.8 Å². The van der Waals surface area contributed by atoms with Gasteiger partial charge >= 0.3 is 12.1 Å². The van der Waals surface area contributed by atoms with E-state index < -0.39 is 17.7 Å². The number of fused-ring (bicyclic) bond motifs is 1. The van der Waals surface area contributed by atoms with Crippen LogP contribution in [0.3, 0.4) is 0 Å². The predicted molar refractivity (Wildman–Crippen MR) is 94.4 cm³/mol. The first-order valence-corrected chi connectivity index (χ1v) is 8.82. The molecule has 0 N–H and O–H groups in total. The molecule has 2 heterocycles. The zero-order valence-corrected chi connectivity index (χ0v) is 15.5. The molecular weight excluding hydrogens is 381 g/mol. The van der Waals surface area contributed by atoms with Gasteiger partial charge in [0.05, 0.1) is 17.6 Å². The summed E-state index contributed by atoms with van der Waals surface area (Å²) in [6.45, 7) is 5.26. The maximum absolute atomic E-state index is 12.9. The van der Waals surface area contributed by atoms with Crippen LogP contribution in [0.5, 0.6) is 11.6 Å². The van der Waals surface area contributed by atoms with Crippen LogP contribution in [0.15, 0.2) is 24.3 Å². The summed E-state index contributed by atoms with van der Waals surface area (Å²) in [4.78, 5) is 21.5. The van der Waals surface area contributed by atoms with Crippen LogP contribution in [-0.2, 0) is 10.9 Å². The number of rotatable bonds is 4. The number of hydrogen-bond acceptors (Lipinski definition) is 6. The quantitative estimate of drug-likeness (QED) is 0.561. The van der Waals surface area contributed by atoms with E-state index in [1.807, 2.05) is 0 Å². The number of benzene rings is 1. The molecule has 0 amide bonds. The lowest BCUT2D eigenvalue weighted by Crippen LogP contribution is -2.05. The van der Waals surface area contributed by atoms with Crippen LogP contribution in [0, 0.1) is 13.8 Å². The van der Waals surface area contributed by atoms with Crippen molar-refractivity contribution in [2.45, 2.75) is 26.9 Å². The summed E-state index contributed by atoms with van der Waals surface area (Å²) in [6.07, 6.45) is -4.48. The van der Waals surface area contributed by atoms with E-state index in [0.717, 1.165) is 23.5 Å². The molecule has 0 atom stereocenters. The normalized spacial score (nSPS) is 11.6. The van der Waals surface area contributed by atoms with Crippen LogP contribution in [0.1, 0.15) is 33.5 Å². The van der Waals surface area contributed by atoms with Crippen LogP contribution >= 0.6 is 11.3 Å². The SMILES string of the molecule is CCOC(=O)c1sc2nc(C)nc(Oc3cccc(C(F)(F)F)c3)c2c1C. The Morgan fingerprint density at radius 2 is 1.96 bits per heavy atom. The summed E-state index contributed by atoms with van der Waals surface area (Å²) in [7, 11) is 0. The van der Waals surface area contributed by atoms with Crippen molar-refractivity contribution in [3.63, 3.8) is 0 Å². The van der Waals surface area contributed by atoms with Gasteiger partial charge in [0.2, 0.25) is 5.88 Å². The van der Waals surface area contributed by atoms with Gasteiger partial charge in [-0.2, -0.15) is 18.2 Å². The van der Waals surface area contributed by atoms with Crippen LogP contribution in [0.4, 0.5) is 13.2 Å². The highest BCUT2D eigenvalue weighted by molar-refractivity contribution is 7.20. The molecule has 0 saturated heterocycles. The molecule has 0 spiro atoms. The Balaban J connectivity index is 2.08. The van der Waals surface area contributed by atoms with Crippen molar-refractivity contribution in [2.24, 2.45) is 0 Å². The molecule has 0 aliphatic carbocycles. The van der Waals surface area contributed by atoms with Crippen LogP contribution in [0.2, 0.25) is 0 Å². The summed E-state index contributed by atoms with van der Waals surface area (Å²) < 4.78 is 49.4. The Morgan fingerprint density at radius 3 is 2.63 bits per heavy atom. The molecule has 0 fully saturated rings. The van der Waals surface area contributed by atoms with Gasteiger partial charge in [0.15, 0.2) is 0 Å². The van der Waals surface area contributed by atoms with Crippen molar-refractivity contribution in [1.29, 1.82) is 0 Å². The second-order valence-corrected chi connectivity index (χ2v) is 6.66. The molecular formula is C18H15F3N2O3S. The number of carbonyl (C=O) groups is 1. The topological polar surface area (TPSA) is 61.3 Å². The standard InChI is InChI=1S/C18H15F3N2O3S/c1-4-25-17(24)14-9(2)13-15(22-10(3)23-16(13)27-14)26-12-7-5-6-11(8-12)18(19,20)21/h5-8H,4H2,1-3H3. The van der Waals surface area contributed by atoms with Crippen molar-refractivity contribution in [1.82, 2.24) is 9.97 Å². The summed E-state index contributed by atoms with van der Waals surface area (Å²) in [5, 5.41) is 0.478. The average molecular weight is 396 g/mol. The van der Waals surface area contributed by atoms with Gasteiger partial charge < -0.3 is 9.47 Å². The molecule has 2 aromatic heterocycles. The Morgan fingerprint density at radius 1 is 1.22 bits per heavy atom. The smallest absolute Gasteiger partial charge is 0.416 e. The fourth-order valence-electron chi connectivity index (χ4n) is 2.52. The number of aryl methyl sites for hydroxylation is 2. The van der Waals surface area contributed by atoms with Crippen molar-refractivity contribution in [3.05, 3.63) is 46.1 Å². The highest BCUT2D eigenvalue weighted by Gasteiger charge is 2.31. The van der Waals surface area contributed by atoms with Gasteiger partial charge in [0.25, 0.3) is 0 Å². The Kier molecular flexibility index (Phi) is 5.05. The van der Waals surface area contributed by atoms with Crippen LogP contribution < -0.4 is 4.74 Å². The summed E-state index contributed by atoms with van der Waals surface area (Å²) in [5.74, 6) is -0.0181. The molecule has 3 rings (SSSR count). The number of aromatic nitrogens is 2. The first-order chi connectivity index (χ1) is 12.7. The fourth-order valence-corrected chi connectivity index (χ4v) is 3.63. The zero-order valence-electron chi connectivity index (χ0n) is 14.7. The summed E-state index contributed by atoms with van der Waals surface area (Å²) >= 11 is 1.13. The number of esters is 1. The van der Waals surface area contributed by atoms with Gasteiger partial charge in [-0.15, -0.1) is 11.3 Å². The lowest BCUT2D eigenvalue weighted by molar-refractivity contribution is -0.137. The number of carbonyl (C=O) groups excluding carboxylic acids is 1. The summed E-state index contributed by atoms with van der Waals surface area (Å²) in [5.41, 5.74) is -0.258. The molecule has 0 radical (unpaired) electrons. The molecule has 27 heavy (non-hydrogen) atoms. The van der Waals surface area contributed by atoms with Gasteiger partial charge in [-0.25, -0.2) is 9.78 Å². The van der Waals surface area contributed by atoms with Crippen molar-refractivity contribution in [2.75, 3.05) is 6.61 Å². The number of alkyl halides is 3. The lowest BCUT2D eigenvalue weighted by Gasteiger charge is -2.10. The van der Waals surface area contributed by atoms with Crippen molar-refractivity contribution >= 4 is 27.5 Å². The summed E-state index contributed by atoms with van der Waals surface area (Å²) in [6, 6.07) is 4.53. The van der Waals surface area contributed by atoms with E-state index in [1.165, 1.54) is 12.1 Å². The third kappa shape index (κ3) is 3.87. The largest absolute Gasteiger partial charge is 0.462 e. The minimum atomic E-state index is -4.48. The van der Waals surface area contributed by atoms with Gasteiger partial charge in [-0.3, -0.25) is 0 Å². The maximum Gasteiger partial charge on any atom is 0.416 e. The highest BCUT2D eigenvalue weighted by atomic mass is 32.1. The van der Waals surface area contributed by atoms with Gasteiger partial charge in [0.1, 0.15) is 21.3 Å². The molecule has 3 aromatic rings. The minimum Gasteiger partial charge on any atom is -0.462 e. The van der Waals surface area contributed by atoms with Crippen LogP contribution in [0.25, 0.3) is 10.2 Å². The number of hydrogen-bond donors (Lipinski definition) is 0. The molecule has 0 bridgehead atoms. The average Bonchev–Trinajstić information content (AvgIpc) is 2.91. The van der Waals surface area contributed by atoms with Crippen molar-refractivity contribution in [3.8, 4) is 11.6 Å². The molecule has 142 valence electrons.